The molecule has 2 N–H and O–H groups in total. The van der Waals surface area contributed by atoms with Gasteiger partial charge >= 0.3 is 0 Å². The second kappa shape index (κ2) is 6.14. The Kier molecular flexibility index (Phi) is 3.97. The van der Waals surface area contributed by atoms with Crippen LogP contribution in [0.15, 0.2) is 42.0 Å². The van der Waals surface area contributed by atoms with Crippen LogP contribution in [0.3, 0.4) is 0 Å². The lowest BCUT2D eigenvalue weighted by Crippen LogP contribution is -2.42. The number of aromatic amines is 1. The molecule has 2 atom stereocenters. The first kappa shape index (κ1) is 15.5. The van der Waals surface area contributed by atoms with Gasteiger partial charge in [-0.2, -0.15) is 0 Å². The summed E-state index contributed by atoms with van der Waals surface area (Å²) in [5, 5.41) is 5.20. The zero-order valence-corrected chi connectivity index (χ0v) is 14.5. The zero-order chi connectivity index (χ0) is 16.7. The lowest BCUT2D eigenvalue weighted by atomic mass is 9.89. The molecule has 0 spiro atoms. The van der Waals surface area contributed by atoms with Crippen LogP contribution in [0.4, 0.5) is 0 Å². The van der Waals surface area contributed by atoms with Crippen LogP contribution >= 0.6 is 11.6 Å². The van der Waals surface area contributed by atoms with Crippen LogP contribution < -0.4 is 5.32 Å². The highest BCUT2D eigenvalue weighted by molar-refractivity contribution is 6.35. The highest BCUT2D eigenvalue weighted by Gasteiger charge is 2.27. The summed E-state index contributed by atoms with van der Waals surface area (Å²) < 4.78 is 0. The summed E-state index contributed by atoms with van der Waals surface area (Å²) in [6.07, 6.45) is 9.91. The number of hydrogen-bond acceptors (Lipinski definition) is 1. The van der Waals surface area contributed by atoms with Crippen LogP contribution in [-0.4, -0.2) is 16.9 Å². The Balaban J connectivity index is 1.54. The second-order valence-electron chi connectivity index (χ2n) is 6.78. The molecular weight excluding hydrogens is 320 g/mol. The van der Waals surface area contributed by atoms with E-state index in [4.69, 9.17) is 11.6 Å². The highest BCUT2D eigenvalue weighted by Crippen LogP contribution is 2.32. The molecule has 3 nitrogen and oxygen atoms in total. The third-order valence-electron chi connectivity index (χ3n) is 5.20. The molecule has 0 saturated carbocycles. The summed E-state index contributed by atoms with van der Waals surface area (Å²) in [7, 11) is 0. The Bertz CT molecular complexity index is 862. The number of carbonyl (C=O) groups is 1. The molecule has 4 heteroatoms. The number of allylic oxidation sites excluding steroid dienone is 2. The number of rotatable bonds is 2. The van der Waals surface area contributed by atoms with Crippen molar-refractivity contribution in [3.05, 3.63) is 58.3 Å². The highest BCUT2D eigenvalue weighted by atomic mass is 35.5. The van der Waals surface area contributed by atoms with Gasteiger partial charge in [0.2, 0.25) is 5.91 Å². The molecule has 1 amide bonds. The number of aromatic nitrogens is 1. The van der Waals surface area contributed by atoms with E-state index >= 15 is 0 Å². The van der Waals surface area contributed by atoms with Crippen molar-refractivity contribution in [2.45, 2.75) is 38.6 Å². The molecule has 1 aromatic heterocycles. The Morgan fingerprint density at radius 2 is 2.25 bits per heavy atom. The number of amides is 1. The predicted octanol–water partition coefficient (Wildman–Crippen LogP) is 4.32. The lowest BCUT2D eigenvalue weighted by molar-refractivity contribution is -0.123. The summed E-state index contributed by atoms with van der Waals surface area (Å²) in [6.45, 7) is 2.04. The zero-order valence-electron chi connectivity index (χ0n) is 13.7. The number of benzene rings is 1. The lowest BCUT2D eigenvalue weighted by Gasteiger charge is -2.26. The topological polar surface area (TPSA) is 44.9 Å². The molecule has 124 valence electrons. The smallest absolute Gasteiger partial charge is 0.231 e. The Morgan fingerprint density at radius 3 is 3.08 bits per heavy atom. The van der Waals surface area contributed by atoms with E-state index < -0.39 is 0 Å². The SMILES string of the molecule is CC1=CCC=CC1C(=O)NC1CCc2[nH]c3c(Cl)cccc3c2C1. The number of hydrogen-bond donors (Lipinski definition) is 2. The maximum atomic E-state index is 12.6. The molecule has 24 heavy (non-hydrogen) atoms. The molecule has 4 rings (SSSR count). The average molecular weight is 341 g/mol. The van der Waals surface area contributed by atoms with Crippen LogP contribution in [0.5, 0.6) is 0 Å². The minimum Gasteiger partial charge on any atom is -0.357 e. The fraction of sp³-hybridized carbons (Fsp3) is 0.350. The van der Waals surface area contributed by atoms with Gasteiger partial charge < -0.3 is 10.3 Å². The summed E-state index contributed by atoms with van der Waals surface area (Å²) >= 11 is 6.30. The first-order chi connectivity index (χ1) is 11.6. The number of fused-ring (bicyclic) bond motifs is 3. The van der Waals surface area contributed by atoms with Crippen molar-refractivity contribution in [3.63, 3.8) is 0 Å². The van der Waals surface area contributed by atoms with Crippen molar-refractivity contribution in [1.82, 2.24) is 10.3 Å². The van der Waals surface area contributed by atoms with Crippen molar-refractivity contribution < 1.29 is 4.79 Å². The number of aryl methyl sites for hydroxylation is 1. The molecule has 2 aliphatic rings. The molecule has 0 saturated heterocycles. The van der Waals surface area contributed by atoms with E-state index in [2.05, 4.69) is 28.5 Å². The van der Waals surface area contributed by atoms with E-state index in [1.54, 1.807) is 0 Å². The first-order valence-electron chi connectivity index (χ1n) is 8.55. The summed E-state index contributed by atoms with van der Waals surface area (Å²) in [5.41, 5.74) is 4.73. The van der Waals surface area contributed by atoms with Gasteiger partial charge in [0, 0.05) is 17.1 Å². The largest absolute Gasteiger partial charge is 0.357 e. The number of halogens is 1. The third kappa shape index (κ3) is 2.67. The fourth-order valence-corrected chi connectivity index (χ4v) is 4.08. The van der Waals surface area contributed by atoms with Crippen molar-refractivity contribution >= 4 is 28.4 Å². The molecule has 0 fully saturated rings. The van der Waals surface area contributed by atoms with Crippen molar-refractivity contribution in [3.8, 4) is 0 Å². The van der Waals surface area contributed by atoms with Gasteiger partial charge in [-0.05, 0) is 44.2 Å². The van der Waals surface area contributed by atoms with Crippen LogP contribution in [0.2, 0.25) is 5.02 Å². The monoisotopic (exact) mass is 340 g/mol. The van der Waals surface area contributed by atoms with Gasteiger partial charge in [0.25, 0.3) is 0 Å². The first-order valence-corrected chi connectivity index (χ1v) is 8.93. The minimum absolute atomic E-state index is 0.113. The minimum atomic E-state index is -0.113. The van der Waals surface area contributed by atoms with E-state index in [-0.39, 0.29) is 17.9 Å². The number of H-pyrrole nitrogens is 1. The molecule has 0 radical (unpaired) electrons. The predicted molar refractivity (Wildman–Crippen MR) is 98.3 cm³/mol. The van der Waals surface area contributed by atoms with Gasteiger partial charge in [0.1, 0.15) is 0 Å². The van der Waals surface area contributed by atoms with E-state index in [1.165, 1.54) is 16.6 Å². The Morgan fingerprint density at radius 1 is 1.38 bits per heavy atom. The van der Waals surface area contributed by atoms with E-state index in [1.807, 2.05) is 25.1 Å². The molecular formula is C20H21ClN2O. The molecule has 2 unspecified atom stereocenters. The molecule has 0 aliphatic heterocycles. The quantitative estimate of drug-likeness (QED) is 0.786. The third-order valence-corrected chi connectivity index (χ3v) is 5.51. The maximum absolute atomic E-state index is 12.6. The summed E-state index contributed by atoms with van der Waals surface area (Å²) in [5.74, 6) is 0.00332. The Hall–Kier alpha value is -2.00. The fourth-order valence-electron chi connectivity index (χ4n) is 3.86. The van der Waals surface area contributed by atoms with Gasteiger partial charge in [-0.15, -0.1) is 0 Å². The van der Waals surface area contributed by atoms with Crippen molar-refractivity contribution in [2.24, 2.45) is 5.92 Å². The van der Waals surface area contributed by atoms with Crippen LogP contribution in [-0.2, 0) is 17.6 Å². The second-order valence-corrected chi connectivity index (χ2v) is 7.19. The number of nitrogens with one attached hydrogen (secondary N) is 2. The van der Waals surface area contributed by atoms with Crippen LogP contribution in [0.25, 0.3) is 10.9 Å². The number of para-hydroxylation sites is 1. The molecule has 2 aliphatic carbocycles. The van der Waals surface area contributed by atoms with Crippen LogP contribution in [0.1, 0.15) is 31.0 Å². The van der Waals surface area contributed by atoms with Gasteiger partial charge in [-0.25, -0.2) is 0 Å². The van der Waals surface area contributed by atoms with Crippen molar-refractivity contribution in [2.75, 3.05) is 0 Å². The van der Waals surface area contributed by atoms with Crippen LogP contribution in [0, 0.1) is 5.92 Å². The van der Waals surface area contributed by atoms with Crippen molar-refractivity contribution in [1.29, 1.82) is 0 Å². The maximum Gasteiger partial charge on any atom is 0.231 e. The summed E-state index contributed by atoms with van der Waals surface area (Å²) in [6, 6.07) is 6.20. The van der Waals surface area contributed by atoms with E-state index in [0.29, 0.717) is 0 Å². The van der Waals surface area contributed by atoms with Gasteiger partial charge in [0.05, 0.1) is 16.5 Å². The van der Waals surface area contributed by atoms with Gasteiger partial charge in [0.15, 0.2) is 0 Å². The Labute approximate surface area is 146 Å². The molecule has 2 aromatic rings. The normalized spacial score (nSPS) is 23.0. The molecule has 1 aromatic carbocycles. The standard InChI is InChI=1S/C20H21ClN2O/c1-12-5-2-3-6-14(12)20(24)22-13-9-10-18-16(11-13)15-7-4-8-17(21)19(15)23-18/h3-8,13-14,23H,2,9-11H2,1H3,(H,22,24). The van der Waals surface area contributed by atoms with Gasteiger partial charge in [-0.3, -0.25) is 4.79 Å². The summed E-state index contributed by atoms with van der Waals surface area (Å²) in [4.78, 5) is 16.1. The van der Waals surface area contributed by atoms with Gasteiger partial charge in [-0.1, -0.05) is 47.5 Å². The van der Waals surface area contributed by atoms with E-state index in [0.717, 1.165) is 41.8 Å². The average Bonchev–Trinajstić information content (AvgIpc) is 2.95. The molecule has 0 bridgehead atoms. The number of carbonyl (C=O) groups excluding carboxylic acids is 1. The molecule has 1 heterocycles. The van der Waals surface area contributed by atoms with E-state index in [9.17, 15) is 4.79 Å².